The first-order chi connectivity index (χ1) is 25.8. The van der Waals surface area contributed by atoms with Gasteiger partial charge in [-0.05, 0) is 107 Å². The van der Waals surface area contributed by atoms with Crippen molar-refractivity contribution >= 4 is 41.3 Å². The van der Waals surface area contributed by atoms with Crippen LogP contribution in [0.1, 0.15) is 126 Å². The van der Waals surface area contributed by atoms with Gasteiger partial charge in [0.25, 0.3) is 0 Å². The van der Waals surface area contributed by atoms with Gasteiger partial charge in [0.15, 0.2) is 30.3 Å². The van der Waals surface area contributed by atoms with E-state index < -0.39 is 94.6 Å². The van der Waals surface area contributed by atoms with Crippen molar-refractivity contribution in [3.8, 4) is 0 Å². The molecule has 0 radical (unpaired) electrons. The molecule has 1 aromatic rings. The lowest BCUT2D eigenvalue weighted by Crippen LogP contribution is -2.67. The molecule has 0 unspecified atom stereocenters. The summed E-state index contributed by atoms with van der Waals surface area (Å²) < 4.78 is 46.7. The Morgan fingerprint density at radius 3 is 1.88 bits per heavy atom. The Morgan fingerprint density at radius 2 is 1.34 bits per heavy atom. The number of ether oxygens (including phenoxy) is 5. The summed E-state index contributed by atoms with van der Waals surface area (Å²) in [7, 11) is 0. The van der Waals surface area contributed by atoms with Crippen molar-refractivity contribution < 1.29 is 57.2 Å². The standard InChI is InChI=1S/C42H61ClFNO11/c1-39(2,3)35(48)54-31-29(24-52-38(51)42(10,11)20-14-12-13-15-22-46)53-34(33(56-37(50)41(7,8)9)32(31)55-36(49)40(4,5)6)45-21-19-25(47)23-28(45)30-26(43)17-16-18-27(30)44/h16-19,21,28-29,31-34,46H,12-15,20,22-24H2,1-11H3/t28-,29+,31-,32-,33+,34+/m0/s1. The minimum Gasteiger partial charge on any atom is -0.462 e. The molecule has 6 atom stereocenters. The molecule has 3 rings (SSSR count). The molecule has 1 aromatic carbocycles. The molecule has 0 spiro atoms. The first-order valence-electron chi connectivity index (χ1n) is 19.3. The van der Waals surface area contributed by atoms with Crippen molar-refractivity contribution in [1.82, 2.24) is 4.90 Å². The van der Waals surface area contributed by atoms with Crippen LogP contribution in [-0.2, 0) is 47.7 Å². The third-order valence-electron chi connectivity index (χ3n) is 9.63. The Bertz CT molecular complexity index is 1590. The van der Waals surface area contributed by atoms with E-state index >= 15 is 4.39 Å². The Balaban J connectivity index is 2.24. The van der Waals surface area contributed by atoms with Crippen molar-refractivity contribution in [1.29, 1.82) is 0 Å². The van der Waals surface area contributed by atoms with Gasteiger partial charge in [-0.2, -0.15) is 0 Å². The summed E-state index contributed by atoms with van der Waals surface area (Å²) in [5.74, 6) is -3.77. The van der Waals surface area contributed by atoms with Gasteiger partial charge in [0.1, 0.15) is 18.5 Å². The number of unbranched alkanes of at least 4 members (excludes halogenated alkanes) is 3. The largest absolute Gasteiger partial charge is 0.462 e. The number of aliphatic hydroxyl groups is 1. The van der Waals surface area contributed by atoms with E-state index in [0.717, 1.165) is 12.8 Å². The summed E-state index contributed by atoms with van der Waals surface area (Å²) in [4.78, 5) is 69.3. The van der Waals surface area contributed by atoms with E-state index in [1.807, 2.05) is 0 Å². The number of halogens is 2. The summed E-state index contributed by atoms with van der Waals surface area (Å²) in [5, 5.41) is 9.15. The lowest BCUT2D eigenvalue weighted by Gasteiger charge is -2.50. The van der Waals surface area contributed by atoms with Crippen molar-refractivity contribution in [3.63, 3.8) is 0 Å². The van der Waals surface area contributed by atoms with Crippen LogP contribution < -0.4 is 0 Å². The fourth-order valence-electron chi connectivity index (χ4n) is 6.04. The number of hydrogen-bond donors (Lipinski definition) is 1. The van der Waals surface area contributed by atoms with E-state index in [2.05, 4.69) is 0 Å². The molecule has 0 bridgehead atoms. The number of benzene rings is 1. The molecule has 56 heavy (non-hydrogen) atoms. The second kappa shape index (κ2) is 18.8. The second-order valence-electron chi connectivity index (χ2n) is 18.4. The van der Waals surface area contributed by atoms with Crippen LogP contribution >= 0.6 is 11.6 Å². The summed E-state index contributed by atoms with van der Waals surface area (Å²) in [6.07, 6.45) is -1.48. The van der Waals surface area contributed by atoms with Gasteiger partial charge < -0.3 is 33.7 Å². The highest BCUT2D eigenvalue weighted by Crippen LogP contribution is 2.42. The molecule has 0 amide bonds. The highest BCUT2D eigenvalue weighted by molar-refractivity contribution is 6.31. The zero-order valence-electron chi connectivity index (χ0n) is 34.7. The normalized spacial score (nSPS) is 23.4. The van der Waals surface area contributed by atoms with E-state index in [0.29, 0.717) is 19.3 Å². The molecule has 12 nitrogen and oxygen atoms in total. The lowest BCUT2D eigenvalue weighted by atomic mass is 9.87. The zero-order chi connectivity index (χ0) is 42.4. The summed E-state index contributed by atoms with van der Waals surface area (Å²) in [6, 6.07) is 3.01. The molecule has 1 saturated heterocycles. The van der Waals surface area contributed by atoms with Crippen molar-refractivity contribution in [3.05, 3.63) is 46.9 Å². The number of carbonyl (C=O) groups is 5. The van der Waals surface area contributed by atoms with Crippen molar-refractivity contribution in [2.75, 3.05) is 13.2 Å². The predicted octanol–water partition coefficient (Wildman–Crippen LogP) is 7.42. The number of carbonyl (C=O) groups excluding carboxylic acids is 5. The molecule has 0 aliphatic carbocycles. The van der Waals surface area contributed by atoms with Crippen LogP contribution in [0.3, 0.4) is 0 Å². The smallest absolute Gasteiger partial charge is 0.311 e. The number of ketones is 1. The molecule has 0 saturated carbocycles. The molecule has 1 fully saturated rings. The van der Waals surface area contributed by atoms with Crippen LogP contribution in [0, 0.1) is 27.5 Å². The van der Waals surface area contributed by atoms with Gasteiger partial charge in [0.2, 0.25) is 0 Å². The van der Waals surface area contributed by atoms with Crippen LogP contribution in [-0.4, -0.2) is 83.5 Å². The van der Waals surface area contributed by atoms with Crippen LogP contribution in [0.5, 0.6) is 0 Å². The maximum atomic E-state index is 15.6. The monoisotopic (exact) mass is 809 g/mol. The van der Waals surface area contributed by atoms with E-state index in [1.165, 1.54) is 35.4 Å². The zero-order valence-corrected chi connectivity index (χ0v) is 35.5. The maximum Gasteiger partial charge on any atom is 0.311 e. The topological polar surface area (TPSA) is 155 Å². The highest BCUT2D eigenvalue weighted by atomic mass is 35.5. The van der Waals surface area contributed by atoms with Crippen LogP contribution in [0.25, 0.3) is 0 Å². The summed E-state index contributed by atoms with van der Waals surface area (Å²) in [6.45, 7) is 17.7. The molecular weight excluding hydrogens is 749 g/mol. The van der Waals surface area contributed by atoms with Gasteiger partial charge in [-0.3, -0.25) is 24.0 Å². The SMILES string of the molecule is CC(C)(C)C(=O)O[C@@H]1[C@@H](OC(=O)C(C)(C)C)[C@H](N2C=CC(=O)C[C@H]2c2c(F)cccc2Cl)O[C@H](COC(=O)C(C)(C)CCCCCCO)[C@@H]1OC(=O)C(C)(C)C. The average Bonchev–Trinajstić information content (AvgIpc) is 3.07. The number of hydrogen-bond acceptors (Lipinski definition) is 12. The number of nitrogens with zero attached hydrogens (tertiary/aromatic N) is 1. The molecular formula is C42H61ClFNO11. The molecule has 314 valence electrons. The summed E-state index contributed by atoms with van der Waals surface area (Å²) >= 11 is 6.56. The van der Waals surface area contributed by atoms with Gasteiger partial charge in [0, 0.05) is 29.8 Å². The fourth-order valence-corrected chi connectivity index (χ4v) is 6.33. The number of rotatable bonds is 14. The van der Waals surface area contributed by atoms with E-state index in [4.69, 9.17) is 40.4 Å². The number of allylic oxidation sites excluding steroid dienone is 1. The molecule has 14 heteroatoms. The van der Waals surface area contributed by atoms with Gasteiger partial charge in [-0.1, -0.05) is 36.9 Å². The average molecular weight is 810 g/mol. The maximum absolute atomic E-state index is 15.6. The Hall–Kier alpha value is -3.55. The third kappa shape index (κ3) is 12.2. The Morgan fingerprint density at radius 1 is 0.804 bits per heavy atom. The Labute approximate surface area is 335 Å². The molecule has 2 aliphatic heterocycles. The van der Waals surface area contributed by atoms with E-state index in [1.54, 1.807) is 76.2 Å². The van der Waals surface area contributed by atoms with Crippen molar-refractivity contribution in [2.45, 2.75) is 151 Å². The third-order valence-corrected chi connectivity index (χ3v) is 9.96. The minimum absolute atomic E-state index is 0.0235. The first-order valence-corrected chi connectivity index (χ1v) is 19.7. The Kier molecular flexibility index (Phi) is 15.7. The number of aliphatic hydroxyl groups excluding tert-OH is 1. The van der Waals surface area contributed by atoms with Gasteiger partial charge in [-0.25, -0.2) is 4.39 Å². The predicted molar refractivity (Wildman–Crippen MR) is 206 cm³/mol. The van der Waals surface area contributed by atoms with Crippen molar-refractivity contribution in [2.24, 2.45) is 21.7 Å². The van der Waals surface area contributed by atoms with Gasteiger partial charge in [0.05, 0.1) is 27.7 Å². The second-order valence-corrected chi connectivity index (χ2v) is 18.8. The first kappa shape index (κ1) is 46.8. The molecule has 2 aliphatic rings. The molecule has 0 aromatic heterocycles. The van der Waals surface area contributed by atoms with Crippen LogP contribution in [0.15, 0.2) is 30.5 Å². The summed E-state index contributed by atoms with van der Waals surface area (Å²) in [5.41, 5.74) is -4.19. The molecule has 2 heterocycles. The van der Waals surface area contributed by atoms with E-state index in [9.17, 15) is 24.0 Å². The quantitative estimate of drug-likeness (QED) is 0.113. The van der Waals surface area contributed by atoms with Gasteiger partial charge in [-0.15, -0.1) is 0 Å². The van der Waals surface area contributed by atoms with E-state index in [-0.39, 0.29) is 29.4 Å². The highest BCUT2D eigenvalue weighted by Gasteiger charge is 2.57. The van der Waals surface area contributed by atoms with Gasteiger partial charge >= 0.3 is 23.9 Å². The van der Waals surface area contributed by atoms with Crippen LogP contribution in [0.2, 0.25) is 5.02 Å². The van der Waals surface area contributed by atoms with Crippen LogP contribution in [0.4, 0.5) is 4.39 Å². The fraction of sp³-hybridized carbons (Fsp3) is 0.690. The lowest BCUT2D eigenvalue weighted by molar-refractivity contribution is -0.283. The minimum atomic E-state index is -1.55. The number of esters is 4. The molecule has 1 N–H and O–H groups in total.